The van der Waals surface area contributed by atoms with Crippen LogP contribution in [-0.4, -0.2) is 58.8 Å². The number of benzene rings is 1. The van der Waals surface area contributed by atoms with Gasteiger partial charge in [0.25, 0.3) is 0 Å². The number of ether oxygens (including phenoxy) is 1. The first-order chi connectivity index (χ1) is 14.8. The largest absolute Gasteiger partial charge is 0.444 e. The lowest BCUT2D eigenvalue weighted by Crippen LogP contribution is -2.55. The van der Waals surface area contributed by atoms with Crippen molar-refractivity contribution in [2.24, 2.45) is 0 Å². The Labute approximate surface area is 189 Å². The predicted octanol–water partition coefficient (Wildman–Crippen LogP) is 2.11. The average molecular weight is 447 g/mol. The molecule has 0 saturated heterocycles. The Balaban J connectivity index is 3.41. The summed E-state index contributed by atoms with van der Waals surface area (Å²) in [6, 6.07) is 4.56. The number of aliphatic hydroxyl groups is 1. The van der Waals surface area contributed by atoms with E-state index in [2.05, 4.69) is 10.6 Å². The molecule has 0 spiro atoms. The van der Waals surface area contributed by atoms with E-state index in [4.69, 9.17) is 4.74 Å². The quantitative estimate of drug-likeness (QED) is 0.524. The highest BCUT2D eigenvalue weighted by Crippen LogP contribution is 2.27. The third-order valence-electron chi connectivity index (χ3n) is 4.63. The minimum Gasteiger partial charge on any atom is -0.444 e. The Hall–Kier alpha value is -3.12. The molecular weight excluding hydrogens is 412 g/mol. The molecule has 1 aromatic carbocycles. The SMILES string of the molecule is Cc1cccc(C(C(=O)NC(C)C)N(CC#N)C(=O)C(CO)NC(=O)OC(C)(C)C)c1C. The summed E-state index contributed by atoms with van der Waals surface area (Å²) in [6.45, 7) is 11.1. The summed E-state index contributed by atoms with van der Waals surface area (Å²) in [6.07, 6.45) is -0.892. The Morgan fingerprint density at radius 3 is 2.31 bits per heavy atom. The molecule has 2 unspecified atom stereocenters. The van der Waals surface area contributed by atoms with Crippen LogP contribution in [0.1, 0.15) is 57.4 Å². The summed E-state index contributed by atoms with van der Waals surface area (Å²) in [7, 11) is 0. The van der Waals surface area contributed by atoms with Gasteiger partial charge >= 0.3 is 6.09 Å². The Morgan fingerprint density at radius 1 is 1.19 bits per heavy atom. The van der Waals surface area contributed by atoms with Gasteiger partial charge in [0.15, 0.2) is 0 Å². The molecule has 0 aliphatic heterocycles. The number of nitriles is 1. The highest BCUT2D eigenvalue weighted by Gasteiger charge is 2.37. The molecule has 32 heavy (non-hydrogen) atoms. The van der Waals surface area contributed by atoms with Crippen molar-refractivity contribution in [3.63, 3.8) is 0 Å². The van der Waals surface area contributed by atoms with Crippen LogP contribution in [0.25, 0.3) is 0 Å². The van der Waals surface area contributed by atoms with Crippen LogP contribution in [0, 0.1) is 25.2 Å². The minimum absolute atomic E-state index is 0.206. The fourth-order valence-corrected chi connectivity index (χ4v) is 3.09. The first-order valence-corrected chi connectivity index (χ1v) is 10.5. The zero-order valence-corrected chi connectivity index (χ0v) is 19.9. The second-order valence-corrected chi connectivity index (χ2v) is 8.86. The number of alkyl carbamates (subject to hydrolysis) is 1. The van der Waals surface area contributed by atoms with Crippen LogP contribution < -0.4 is 10.6 Å². The third kappa shape index (κ3) is 7.54. The topological polar surface area (TPSA) is 132 Å². The maximum atomic E-state index is 13.3. The number of amides is 3. The summed E-state index contributed by atoms with van der Waals surface area (Å²) in [4.78, 5) is 39.7. The van der Waals surface area contributed by atoms with Crippen molar-refractivity contribution < 1.29 is 24.2 Å². The molecule has 9 nitrogen and oxygen atoms in total. The summed E-state index contributed by atoms with van der Waals surface area (Å²) >= 11 is 0. The van der Waals surface area contributed by atoms with E-state index in [1.54, 1.807) is 46.8 Å². The molecule has 9 heteroatoms. The summed E-state index contributed by atoms with van der Waals surface area (Å²) in [5.74, 6) is -1.24. The molecule has 0 saturated carbocycles. The highest BCUT2D eigenvalue weighted by atomic mass is 16.6. The Bertz CT molecular complexity index is 870. The van der Waals surface area contributed by atoms with Gasteiger partial charge in [-0.25, -0.2) is 4.79 Å². The number of hydrogen-bond donors (Lipinski definition) is 3. The summed E-state index contributed by atoms with van der Waals surface area (Å²) < 4.78 is 5.16. The van der Waals surface area contributed by atoms with E-state index in [-0.39, 0.29) is 6.04 Å². The number of carbonyl (C=O) groups is 3. The van der Waals surface area contributed by atoms with Crippen LogP contribution in [-0.2, 0) is 14.3 Å². The number of rotatable bonds is 8. The number of hydrogen-bond acceptors (Lipinski definition) is 6. The molecule has 3 amide bonds. The van der Waals surface area contributed by atoms with E-state index in [1.807, 2.05) is 26.0 Å². The van der Waals surface area contributed by atoms with Crippen molar-refractivity contribution in [3.05, 3.63) is 34.9 Å². The second kappa shape index (κ2) is 11.5. The van der Waals surface area contributed by atoms with Crippen molar-refractivity contribution in [1.29, 1.82) is 5.26 Å². The van der Waals surface area contributed by atoms with Gasteiger partial charge < -0.3 is 25.4 Å². The molecule has 0 heterocycles. The van der Waals surface area contributed by atoms with Crippen LogP contribution in [0.2, 0.25) is 0 Å². The van der Waals surface area contributed by atoms with E-state index in [0.717, 1.165) is 16.0 Å². The molecule has 3 N–H and O–H groups in total. The first-order valence-electron chi connectivity index (χ1n) is 10.5. The predicted molar refractivity (Wildman–Crippen MR) is 120 cm³/mol. The number of aryl methyl sites for hydroxylation is 1. The lowest BCUT2D eigenvalue weighted by molar-refractivity contribution is -0.142. The Morgan fingerprint density at radius 2 is 1.81 bits per heavy atom. The molecule has 0 aliphatic rings. The van der Waals surface area contributed by atoms with Gasteiger partial charge in [-0.1, -0.05) is 18.2 Å². The average Bonchev–Trinajstić information content (AvgIpc) is 2.66. The fourth-order valence-electron chi connectivity index (χ4n) is 3.09. The van der Waals surface area contributed by atoms with Crippen molar-refractivity contribution in [1.82, 2.24) is 15.5 Å². The maximum absolute atomic E-state index is 13.3. The normalized spacial score (nSPS) is 13.0. The zero-order valence-electron chi connectivity index (χ0n) is 19.9. The van der Waals surface area contributed by atoms with E-state index in [9.17, 15) is 24.8 Å². The van der Waals surface area contributed by atoms with Crippen LogP contribution >= 0.6 is 0 Å². The first kappa shape index (κ1) is 26.9. The molecule has 176 valence electrons. The van der Waals surface area contributed by atoms with Gasteiger partial charge in [0, 0.05) is 6.04 Å². The lowest BCUT2D eigenvalue weighted by atomic mass is 9.95. The highest BCUT2D eigenvalue weighted by molar-refractivity contribution is 5.92. The number of nitrogens with one attached hydrogen (secondary N) is 2. The van der Waals surface area contributed by atoms with Gasteiger partial charge in [-0.2, -0.15) is 5.26 Å². The number of aliphatic hydroxyl groups excluding tert-OH is 1. The fraction of sp³-hybridized carbons (Fsp3) is 0.565. The van der Waals surface area contributed by atoms with Crippen molar-refractivity contribution in [2.75, 3.05) is 13.2 Å². The maximum Gasteiger partial charge on any atom is 0.408 e. The lowest BCUT2D eigenvalue weighted by Gasteiger charge is -2.33. The standard InChI is InChI=1S/C23H34N4O5/c1-14(2)25-20(29)19(17-10-8-9-15(3)16(17)4)27(12-11-24)21(30)18(13-28)26-22(31)32-23(5,6)7/h8-10,14,18-19,28H,12-13H2,1-7H3,(H,25,29)(H,26,31). The van der Waals surface area contributed by atoms with Gasteiger partial charge in [0.1, 0.15) is 24.2 Å². The number of nitrogens with zero attached hydrogens (tertiary/aromatic N) is 2. The molecule has 0 fully saturated rings. The molecule has 2 atom stereocenters. The Kier molecular flexibility index (Phi) is 9.66. The molecule has 1 aromatic rings. The smallest absolute Gasteiger partial charge is 0.408 e. The summed E-state index contributed by atoms with van der Waals surface area (Å²) in [5.41, 5.74) is 1.46. The third-order valence-corrected chi connectivity index (χ3v) is 4.63. The minimum atomic E-state index is -1.39. The van der Waals surface area contributed by atoms with Gasteiger partial charge in [0.2, 0.25) is 11.8 Å². The van der Waals surface area contributed by atoms with E-state index in [1.165, 1.54) is 0 Å². The van der Waals surface area contributed by atoms with E-state index >= 15 is 0 Å². The van der Waals surface area contributed by atoms with E-state index in [0.29, 0.717) is 5.56 Å². The molecular formula is C23H34N4O5. The van der Waals surface area contributed by atoms with Gasteiger partial charge in [0.05, 0.1) is 12.7 Å². The zero-order chi connectivity index (χ0) is 24.6. The van der Waals surface area contributed by atoms with Crippen molar-refractivity contribution in [3.8, 4) is 6.07 Å². The van der Waals surface area contributed by atoms with Crippen LogP contribution in [0.4, 0.5) is 4.79 Å². The van der Waals surface area contributed by atoms with Crippen LogP contribution in [0.3, 0.4) is 0 Å². The van der Waals surface area contributed by atoms with Crippen LogP contribution in [0.15, 0.2) is 18.2 Å². The van der Waals surface area contributed by atoms with Gasteiger partial charge in [-0.3, -0.25) is 9.59 Å². The van der Waals surface area contributed by atoms with Gasteiger partial charge in [-0.15, -0.1) is 0 Å². The van der Waals surface area contributed by atoms with Gasteiger partial charge in [-0.05, 0) is 65.2 Å². The van der Waals surface area contributed by atoms with Crippen LogP contribution in [0.5, 0.6) is 0 Å². The molecule has 1 rings (SSSR count). The molecule has 0 bridgehead atoms. The second-order valence-electron chi connectivity index (χ2n) is 8.86. The summed E-state index contributed by atoms with van der Waals surface area (Å²) in [5, 5.41) is 24.3. The van der Waals surface area contributed by atoms with Crippen molar-refractivity contribution in [2.45, 2.75) is 72.2 Å². The molecule has 0 aromatic heterocycles. The monoisotopic (exact) mass is 446 g/mol. The van der Waals surface area contributed by atoms with E-state index < -0.39 is 48.7 Å². The molecule has 0 aliphatic carbocycles. The number of carbonyl (C=O) groups excluding carboxylic acids is 3. The van der Waals surface area contributed by atoms with Crippen molar-refractivity contribution >= 4 is 17.9 Å². The molecule has 0 radical (unpaired) electrons.